The fraction of sp³-hybridized carbons (Fsp3) is 0.0909. The second-order valence-corrected chi connectivity index (χ2v) is 6.24. The molecule has 2 aliphatic rings. The summed E-state index contributed by atoms with van der Waals surface area (Å²) in [6.45, 7) is 0. The lowest BCUT2D eigenvalue weighted by molar-refractivity contribution is 0.270. The topological polar surface area (TPSA) is 43.7 Å². The highest BCUT2D eigenvalue weighted by atomic mass is 16.3. The van der Waals surface area contributed by atoms with Crippen LogP contribution in [0.3, 0.4) is 0 Å². The molecule has 3 heteroatoms. The van der Waals surface area contributed by atoms with Crippen molar-refractivity contribution < 1.29 is 10.2 Å². The van der Waals surface area contributed by atoms with E-state index in [0.29, 0.717) is 5.76 Å². The summed E-state index contributed by atoms with van der Waals surface area (Å²) in [4.78, 5) is 2.10. The molecule has 0 saturated heterocycles. The Hall–Kier alpha value is -3.04. The van der Waals surface area contributed by atoms with Crippen LogP contribution in [0.25, 0.3) is 11.8 Å². The fourth-order valence-corrected chi connectivity index (χ4v) is 3.21. The van der Waals surface area contributed by atoms with Crippen LogP contribution in [-0.4, -0.2) is 23.4 Å². The minimum Gasteiger partial charge on any atom is -0.507 e. The Labute approximate surface area is 146 Å². The van der Waals surface area contributed by atoms with E-state index in [4.69, 9.17) is 0 Å². The van der Waals surface area contributed by atoms with Crippen LogP contribution < -0.4 is 15.3 Å². The van der Waals surface area contributed by atoms with Crippen molar-refractivity contribution in [3.63, 3.8) is 0 Å². The van der Waals surface area contributed by atoms with Crippen LogP contribution in [0.2, 0.25) is 0 Å². The second kappa shape index (κ2) is 6.11. The standard InChI is InChI=1S/C22H19NO2/c1-23-20-5-3-2-4-18(20)22(25)19-13-10-16(14-21(19)23)7-6-15-8-11-17(24)12-9-15/h2-14,17,24-25H,1H3/b15-6?,16-7+. The minimum absolute atomic E-state index is 0.320. The van der Waals surface area contributed by atoms with Crippen LogP contribution in [0.15, 0.2) is 78.4 Å². The number of aliphatic hydroxyl groups excluding tert-OH is 2. The molecule has 0 bridgehead atoms. The Kier molecular flexibility index (Phi) is 3.79. The van der Waals surface area contributed by atoms with Crippen LogP contribution in [0.4, 0.5) is 11.4 Å². The number of aliphatic hydroxyl groups is 2. The van der Waals surface area contributed by atoms with Crippen molar-refractivity contribution in [3.8, 4) is 0 Å². The van der Waals surface area contributed by atoms with Gasteiger partial charge < -0.3 is 15.1 Å². The number of hydrogen-bond acceptors (Lipinski definition) is 3. The quantitative estimate of drug-likeness (QED) is 0.845. The Morgan fingerprint density at radius 2 is 1.72 bits per heavy atom. The lowest BCUT2D eigenvalue weighted by Gasteiger charge is -2.27. The lowest BCUT2D eigenvalue weighted by atomic mass is 10.0. The first kappa shape index (κ1) is 15.5. The predicted octanol–water partition coefficient (Wildman–Crippen LogP) is 2.68. The van der Waals surface area contributed by atoms with E-state index in [0.717, 1.165) is 32.9 Å². The SMILES string of the molecule is CN1c2ccccc2C(O)=c2cc/c(=C\C=C3C=CC(O)C=C3)cc21. The van der Waals surface area contributed by atoms with Gasteiger partial charge in [-0.05, 0) is 35.1 Å². The van der Waals surface area contributed by atoms with Crippen LogP contribution in [-0.2, 0) is 0 Å². The van der Waals surface area contributed by atoms with Gasteiger partial charge in [-0.15, -0.1) is 0 Å². The van der Waals surface area contributed by atoms with Crippen LogP contribution in [0.5, 0.6) is 0 Å². The Balaban J connectivity index is 1.80. The van der Waals surface area contributed by atoms with Crippen molar-refractivity contribution in [2.24, 2.45) is 0 Å². The Morgan fingerprint density at radius 3 is 2.52 bits per heavy atom. The van der Waals surface area contributed by atoms with Crippen LogP contribution in [0.1, 0.15) is 5.56 Å². The summed E-state index contributed by atoms with van der Waals surface area (Å²) in [7, 11) is 2.01. The second-order valence-electron chi connectivity index (χ2n) is 6.24. The number of rotatable bonds is 1. The van der Waals surface area contributed by atoms with Crippen molar-refractivity contribution in [2.45, 2.75) is 6.10 Å². The van der Waals surface area contributed by atoms with E-state index in [1.54, 1.807) is 12.2 Å². The summed E-state index contributed by atoms with van der Waals surface area (Å²) in [5.74, 6) is 0.320. The van der Waals surface area contributed by atoms with E-state index in [-0.39, 0.29) is 0 Å². The molecule has 3 nitrogen and oxygen atoms in total. The number of anilines is 2. The van der Waals surface area contributed by atoms with Gasteiger partial charge in [-0.3, -0.25) is 0 Å². The largest absolute Gasteiger partial charge is 0.507 e. The van der Waals surface area contributed by atoms with Gasteiger partial charge in [0.2, 0.25) is 0 Å². The minimum atomic E-state index is -0.492. The molecule has 0 saturated carbocycles. The molecule has 1 aliphatic heterocycles. The van der Waals surface area contributed by atoms with Gasteiger partial charge in [-0.25, -0.2) is 0 Å². The maximum absolute atomic E-state index is 10.6. The summed E-state index contributed by atoms with van der Waals surface area (Å²) in [6.07, 6.45) is 10.9. The molecule has 0 spiro atoms. The van der Waals surface area contributed by atoms with Crippen molar-refractivity contribution >= 4 is 23.2 Å². The predicted molar refractivity (Wildman–Crippen MR) is 102 cm³/mol. The molecule has 0 atom stereocenters. The monoisotopic (exact) mass is 329 g/mol. The highest BCUT2D eigenvalue weighted by Crippen LogP contribution is 2.31. The molecule has 1 heterocycles. The third-order valence-electron chi connectivity index (χ3n) is 4.60. The molecular weight excluding hydrogens is 310 g/mol. The van der Waals surface area contributed by atoms with Crippen molar-refractivity contribution in [1.29, 1.82) is 0 Å². The third-order valence-corrected chi connectivity index (χ3v) is 4.60. The maximum Gasteiger partial charge on any atom is 0.134 e. The van der Waals surface area contributed by atoms with E-state index < -0.39 is 6.10 Å². The van der Waals surface area contributed by atoms with Gasteiger partial charge in [0.05, 0.1) is 17.5 Å². The van der Waals surface area contributed by atoms with E-state index in [2.05, 4.69) is 11.0 Å². The smallest absolute Gasteiger partial charge is 0.134 e. The number of hydrogen-bond donors (Lipinski definition) is 2. The van der Waals surface area contributed by atoms with Crippen LogP contribution >= 0.6 is 0 Å². The van der Waals surface area contributed by atoms with E-state index >= 15 is 0 Å². The number of fused-ring (bicyclic) bond motifs is 2. The number of benzene rings is 2. The molecule has 0 aromatic heterocycles. The zero-order valence-electron chi connectivity index (χ0n) is 13.9. The van der Waals surface area contributed by atoms with Crippen molar-refractivity contribution in [1.82, 2.24) is 0 Å². The fourth-order valence-electron chi connectivity index (χ4n) is 3.21. The lowest BCUT2D eigenvalue weighted by Crippen LogP contribution is -2.28. The first-order chi connectivity index (χ1) is 12.1. The third kappa shape index (κ3) is 2.79. The molecule has 0 unspecified atom stereocenters. The average molecular weight is 329 g/mol. The molecule has 2 aromatic rings. The first-order valence-corrected chi connectivity index (χ1v) is 8.26. The summed E-state index contributed by atoms with van der Waals surface area (Å²) in [6, 6.07) is 13.9. The highest BCUT2D eigenvalue weighted by molar-refractivity contribution is 5.83. The molecule has 124 valence electrons. The molecule has 2 aromatic carbocycles. The van der Waals surface area contributed by atoms with Crippen molar-refractivity contribution in [3.05, 3.63) is 94.4 Å². The average Bonchev–Trinajstić information content (AvgIpc) is 2.65. The van der Waals surface area contributed by atoms with Crippen molar-refractivity contribution in [2.75, 3.05) is 11.9 Å². The summed E-state index contributed by atoms with van der Waals surface area (Å²) >= 11 is 0. The number of para-hydroxylation sites is 1. The van der Waals surface area contributed by atoms with Gasteiger partial charge in [0.15, 0.2) is 0 Å². The molecule has 0 amide bonds. The van der Waals surface area contributed by atoms with E-state index in [9.17, 15) is 10.2 Å². The van der Waals surface area contributed by atoms with Gasteiger partial charge in [-0.2, -0.15) is 0 Å². The van der Waals surface area contributed by atoms with Gasteiger partial charge in [-0.1, -0.05) is 54.7 Å². The van der Waals surface area contributed by atoms with Crippen LogP contribution in [0, 0.1) is 0 Å². The number of allylic oxidation sites excluding steroid dienone is 4. The molecule has 25 heavy (non-hydrogen) atoms. The normalized spacial score (nSPS) is 19.0. The molecule has 1 aliphatic carbocycles. The molecular formula is C22H19NO2. The van der Waals surface area contributed by atoms with Gasteiger partial charge in [0.1, 0.15) is 5.76 Å². The van der Waals surface area contributed by atoms with Gasteiger partial charge in [0.25, 0.3) is 0 Å². The molecule has 4 rings (SSSR count). The maximum atomic E-state index is 10.6. The number of nitrogens with zero attached hydrogens (tertiary/aromatic N) is 1. The summed E-state index contributed by atoms with van der Waals surface area (Å²) < 4.78 is 0. The zero-order valence-corrected chi connectivity index (χ0v) is 13.9. The highest BCUT2D eigenvalue weighted by Gasteiger charge is 2.19. The Morgan fingerprint density at radius 1 is 0.960 bits per heavy atom. The van der Waals surface area contributed by atoms with Gasteiger partial charge in [0, 0.05) is 17.8 Å². The van der Waals surface area contributed by atoms with Gasteiger partial charge >= 0.3 is 0 Å². The first-order valence-electron chi connectivity index (χ1n) is 8.26. The summed E-state index contributed by atoms with van der Waals surface area (Å²) in [5, 5.41) is 21.9. The molecule has 0 fully saturated rings. The Bertz CT molecular complexity index is 1030. The summed E-state index contributed by atoms with van der Waals surface area (Å²) in [5.41, 5.74) is 3.87. The van der Waals surface area contributed by atoms with E-state index in [1.165, 1.54) is 0 Å². The molecule has 0 radical (unpaired) electrons. The molecule has 2 N–H and O–H groups in total. The van der Waals surface area contributed by atoms with E-state index in [1.807, 2.05) is 67.7 Å². The zero-order chi connectivity index (χ0) is 17.4.